The maximum absolute atomic E-state index is 12.8. The molecular weight excluding hydrogens is 290 g/mol. The molecule has 0 N–H and O–H groups in total. The van der Waals surface area contributed by atoms with E-state index in [0.717, 1.165) is 31.2 Å². The number of nitrogens with zero attached hydrogens (tertiary/aromatic N) is 1. The van der Waals surface area contributed by atoms with Crippen LogP contribution in [0, 0.1) is 5.92 Å². The molecule has 0 unspecified atom stereocenters. The average Bonchev–Trinajstić information content (AvgIpc) is 2.60. The predicted molar refractivity (Wildman–Crippen MR) is 89.7 cm³/mol. The summed E-state index contributed by atoms with van der Waals surface area (Å²) in [5.41, 5.74) is 1.10. The van der Waals surface area contributed by atoms with Crippen LogP contribution >= 0.6 is 0 Å². The molecular formula is C19H27NO3. The molecule has 4 heteroatoms. The Balaban J connectivity index is 2.00. The molecule has 0 heterocycles. The van der Waals surface area contributed by atoms with Gasteiger partial charge in [-0.15, -0.1) is 0 Å². The van der Waals surface area contributed by atoms with Crippen LogP contribution in [0.25, 0.3) is 0 Å². The van der Waals surface area contributed by atoms with Gasteiger partial charge in [0.05, 0.1) is 13.0 Å². The minimum Gasteiger partial charge on any atom is -0.466 e. The number of hydrogen-bond acceptors (Lipinski definition) is 3. The van der Waals surface area contributed by atoms with E-state index in [1.807, 2.05) is 35.2 Å². The Labute approximate surface area is 138 Å². The van der Waals surface area contributed by atoms with Gasteiger partial charge in [0.15, 0.2) is 0 Å². The predicted octanol–water partition coefficient (Wildman–Crippen LogP) is 3.55. The first kappa shape index (κ1) is 17.5. The van der Waals surface area contributed by atoms with Gasteiger partial charge in [-0.05, 0) is 25.3 Å². The first-order valence-corrected chi connectivity index (χ1v) is 8.69. The molecule has 1 aliphatic carbocycles. The van der Waals surface area contributed by atoms with E-state index in [4.69, 9.17) is 4.74 Å². The Bertz CT molecular complexity index is 495. The van der Waals surface area contributed by atoms with Crippen molar-refractivity contribution in [2.45, 2.75) is 52.0 Å². The van der Waals surface area contributed by atoms with E-state index in [2.05, 4.69) is 0 Å². The van der Waals surface area contributed by atoms with Crippen molar-refractivity contribution >= 4 is 11.9 Å². The highest BCUT2D eigenvalue weighted by atomic mass is 16.5. The molecule has 1 saturated carbocycles. The van der Waals surface area contributed by atoms with Crippen molar-refractivity contribution in [3.63, 3.8) is 0 Å². The molecule has 126 valence electrons. The lowest BCUT2D eigenvalue weighted by Gasteiger charge is -2.29. The summed E-state index contributed by atoms with van der Waals surface area (Å²) in [6, 6.07) is 9.96. The summed E-state index contributed by atoms with van der Waals surface area (Å²) in [5, 5.41) is 0. The van der Waals surface area contributed by atoms with Crippen LogP contribution in [0.5, 0.6) is 0 Å². The SMILES string of the molecule is CCOC(=O)CCN(Cc1ccccc1)C(=O)C1CCCCC1. The number of benzene rings is 1. The van der Waals surface area contributed by atoms with Crippen molar-refractivity contribution in [3.05, 3.63) is 35.9 Å². The van der Waals surface area contributed by atoms with Crippen LogP contribution in [0.3, 0.4) is 0 Å². The molecule has 1 aliphatic rings. The summed E-state index contributed by atoms with van der Waals surface area (Å²) in [6.07, 6.45) is 5.71. The summed E-state index contributed by atoms with van der Waals surface area (Å²) < 4.78 is 4.99. The fourth-order valence-corrected chi connectivity index (χ4v) is 3.14. The van der Waals surface area contributed by atoms with E-state index < -0.39 is 0 Å². The number of carbonyl (C=O) groups excluding carboxylic acids is 2. The minimum absolute atomic E-state index is 0.120. The van der Waals surface area contributed by atoms with Gasteiger partial charge in [0, 0.05) is 19.0 Å². The third-order valence-corrected chi connectivity index (χ3v) is 4.37. The van der Waals surface area contributed by atoms with Crippen LogP contribution in [-0.2, 0) is 20.9 Å². The van der Waals surface area contributed by atoms with E-state index in [-0.39, 0.29) is 24.2 Å². The van der Waals surface area contributed by atoms with Gasteiger partial charge in [0.2, 0.25) is 5.91 Å². The molecule has 0 aliphatic heterocycles. The molecule has 0 spiro atoms. The Morgan fingerprint density at radius 2 is 1.83 bits per heavy atom. The first-order chi connectivity index (χ1) is 11.2. The Hall–Kier alpha value is -1.84. The zero-order valence-corrected chi connectivity index (χ0v) is 14.0. The highest BCUT2D eigenvalue weighted by Crippen LogP contribution is 2.26. The monoisotopic (exact) mass is 317 g/mol. The molecule has 0 aromatic heterocycles. The summed E-state index contributed by atoms with van der Waals surface area (Å²) >= 11 is 0. The topological polar surface area (TPSA) is 46.6 Å². The highest BCUT2D eigenvalue weighted by Gasteiger charge is 2.26. The lowest BCUT2D eigenvalue weighted by molar-refractivity contribution is -0.145. The molecule has 0 saturated heterocycles. The minimum atomic E-state index is -0.234. The van der Waals surface area contributed by atoms with Crippen LogP contribution in [-0.4, -0.2) is 29.9 Å². The van der Waals surface area contributed by atoms with E-state index in [1.165, 1.54) is 6.42 Å². The summed E-state index contributed by atoms with van der Waals surface area (Å²) in [7, 11) is 0. The van der Waals surface area contributed by atoms with E-state index in [0.29, 0.717) is 19.7 Å². The van der Waals surface area contributed by atoms with Crippen molar-refractivity contribution in [2.75, 3.05) is 13.2 Å². The molecule has 0 bridgehead atoms. The van der Waals surface area contributed by atoms with Crippen molar-refractivity contribution in [1.29, 1.82) is 0 Å². The number of carbonyl (C=O) groups is 2. The maximum Gasteiger partial charge on any atom is 0.307 e. The number of rotatable bonds is 7. The summed E-state index contributed by atoms with van der Waals surface area (Å²) in [6.45, 7) is 3.18. The molecule has 23 heavy (non-hydrogen) atoms. The van der Waals surface area contributed by atoms with Crippen molar-refractivity contribution in [1.82, 2.24) is 4.90 Å². The number of esters is 1. The highest BCUT2D eigenvalue weighted by molar-refractivity contribution is 5.79. The molecule has 1 amide bonds. The Kier molecular flexibility index (Phi) is 7.11. The second-order valence-corrected chi connectivity index (χ2v) is 6.14. The van der Waals surface area contributed by atoms with Crippen LogP contribution in [0.15, 0.2) is 30.3 Å². The Morgan fingerprint density at radius 1 is 1.13 bits per heavy atom. The van der Waals surface area contributed by atoms with Gasteiger partial charge in [-0.25, -0.2) is 0 Å². The van der Waals surface area contributed by atoms with Gasteiger partial charge in [-0.3, -0.25) is 9.59 Å². The largest absolute Gasteiger partial charge is 0.466 e. The molecule has 0 atom stereocenters. The molecule has 0 radical (unpaired) electrons. The van der Waals surface area contributed by atoms with Crippen LogP contribution < -0.4 is 0 Å². The van der Waals surface area contributed by atoms with E-state index >= 15 is 0 Å². The zero-order valence-electron chi connectivity index (χ0n) is 14.0. The standard InChI is InChI=1S/C19H27NO3/c1-2-23-18(21)13-14-20(15-16-9-5-3-6-10-16)19(22)17-11-7-4-8-12-17/h3,5-6,9-10,17H,2,4,7-8,11-15H2,1H3. The fourth-order valence-electron chi connectivity index (χ4n) is 3.14. The van der Waals surface area contributed by atoms with Crippen LogP contribution in [0.1, 0.15) is 51.0 Å². The van der Waals surface area contributed by atoms with Gasteiger partial charge in [0.1, 0.15) is 0 Å². The third-order valence-electron chi connectivity index (χ3n) is 4.37. The number of ether oxygens (including phenoxy) is 1. The lowest BCUT2D eigenvalue weighted by Crippen LogP contribution is -2.38. The average molecular weight is 317 g/mol. The molecule has 4 nitrogen and oxygen atoms in total. The van der Waals surface area contributed by atoms with Crippen molar-refractivity contribution in [2.24, 2.45) is 5.92 Å². The quantitative estimate of drug-likeness (QED) is 0.723. The number of hydrogen-bond donors (Lipinski definition) is 0. The van der Waals surface area contributed by atoms with Gasteiger partial charge >= 0.3 is 5.97 Å². The normalized spacial score (nSPS) is 15.2. The van der Waals surface area contributed by atoms with Crippen molar-refractivity contribution < 1.29 is 14.3 Å². The molecule has 1 fully saturated rings. The number of amides is 1. The van der Waals surface area contributed by atoms with Gasteiger partial charge in [-0.1, -0.05) is 49.6 Å². The molecule has 1 aromatic carbocycles. The lowest BCUT2D eigenvalue weighted by atomic mass is 9.88. The van der Waals surface area contributed by atoms with E-state index in [9.17, 15) is 9.59 Å². The van der Waals surface area contributed by atoms with Gasteiger partial charge in [0.25, 0.3) is 0 Å². The fraction of sp³-hybridized carbons (Fsp3) is 0.579. The Morgan fingerprint density at radius 3 is 2.48 bits per heavy atom. The summed E-state index contributed by atoms with van der Waals surface area (Å²) in [4.78, 5) is 26.3. The molecule has 2 rings (SSSR count). The second-order valence-electron chi connectivity index (χ2n) is 6.14. The molecule has 1 aromatic rings. The van der Waals surface area contributed by atoms with E-state index in [1.54, 1.807) is 6.92 Å². The van der Waals surface area contributed by atoms with Crippen LogP contribution in [0.4, 0.5) is 0 Å². The maximum atomic E-state index is 12.8. The second kappa shape index (κ2) is 9.33. The zero-order chi connectivity index (χ0) is 16.5. The summed E-state index contributed by atoms with van der Waals surface area (Å²) in [5.74, 6) is 0.0783. The third kappa shape index (κ3) is 5.70. The van der Waals surface area contributed by atoms with Gasteiger partial charge in [-0.2, -0.15) is 0 Å². The van der Waals surface area contributed by atoms with Crippen molar-refractivity contribution in [3.8, 4) is 0 Å². The first-order valence-electron chi connectivity index (χ1n) is 8.69. The van der Waals surface area contributed by atoms with Crippen LogP contribution in [0.2, 0.25) is 0 Å². The smallest absolute Gasteiger partial charge is 0.307 e. The van der Waals surface area contributed by atoms with Gasteiger partial charge < -0.3 is 9.64 Å².